The fourth-order valence-electron chi connectivity index (χ4n) is 1.84. The molecule has 0 aliphatic heterocycles. The normalized spacial score (nSPS) is 11.2. The minimum absolute atomic E-state index is 0.00102. The van der Waals surface area contributed by atoms with Crippen LogP contribution in [0.25, 0.3) is 0 Å². The number of rotatable bonds is 3. The summed E-state index contributed by atoms with van der Waals surface area (Å²) in [5.74, 6) is -0.334. The predicted molar refractivity (Wildman–Crippen MR) is 75.9 cm³/mol. The number of nitriles is 2. The summed E-state index contributed by atoms with van der Waals surface area (Å²) in [6.45, 7) is 1.62. The summed E-state index contributed by atoms with van der Waals surface area (Å²) in [6.07, 6.45) is 1.31. The number of nitrogens with zero attached hydrogens (tertiary/aromatic N) is 4. The lowest BCUT2D eigenvalue weighted by atomic mass is 10.2. The number of hydrogen-bond acceptors (Lipinski definition) is 5. The zero-order chi connectivity index (χ0) is 15.4. The van der Waals surface area contributed by atoms with Crippen molar-refractivity contribution < 1.29 is 4.79 Å². The van der Waals surface area contributed by atoms with E-state index in [4.69, 9.17) is 16.3 Å². The first-order valence-corrected chi connectivity index (χ1v) is 6.10. The summed E-state index contributed by atoms with van der Waals surface area (Å²) in [4.78, 5) is 16.0. The van der Waals surface area contributed by atoms with Gasteiger partial charge in [-0.15, -0.1) is 0 Å². The maximum Gasteiger partial charge on any atom is 0.247 e. The van der Waals surface area contributed by atoms with Crippen LogP contribution in [0.2, 0.25) is 0 Å². The van der Waals surface area contributed by atoms with Crippen LogP contribution in [-0.4, -0.2) is 15.5 Å². The number of amides is 1. The van der Waals surface area contributed by atoms with Gasteiger partial charge in [-0.25, -0.2) is 4.98 Å². The topological polar surface area (TPSA) is 121 Å². The number of carbonyl (C=O) groups is 1. The third kappa shape index (κ3) is 2.82. The Balaban J connectivity index is 2.23. The quantitative estimate of drug-likeness (QED) is 0.823. The molecule has 0 radical (unpaired) electrons. The molecule has 2 aromatic rings. The molecule has 21 heavy (non-hydrogen) atoms. The Bertz CT molecular complexity index is 765. The van der Waals surface area contributed by atoms with E-state index in [1.54, 1.807) is 31.2 Å². The van der Waals surface area contributed by atoms with Gasteiger partial charge in [-0.05, 0) is 25.1 Å². The molecule has 104 valence electrons. The third-order valence-electron chi connectivity index (χ3n) is 2.96. The van der Waals surface area contributed by atoms with Crippen LogP contribution >= 0.6 is 0 Å². The zero-order valence-corrected chi connectivity index (χ0v) is 11.2. The van der Waals surface area contributed by atoms with Gasteiger partial charge in [-0.3, -0.25) is 4.79 Å². The Morgan fingerprint density at radius 3 is 2.81 bits per heavy atom. The van der Waals surface area contributed by atoms with E-state index in [1.165, 1.54) is 10.9 Å². The molecule has 2 rings (SSSR count). The molecule has 0 saturated heterocycles. The van der Waals surface area contributed by atoms with E-state index in [0.717, 1.165) is 0 Å². The van der Waals surface area contributed by atoms with Gasteiger partial charge in [0, 0.05) is 11.4 Å². The molecule has 0 fully saturated rings. The first-order valence-electron chi connectivity index (χ1n) is 6.10. The second-order valence-corrected chi connectivity index (χ2v) is 4.36. The number of nitrogens with one attached hydrogen (secondary N) is 1. The van der Waals surface area contributed by atoms with E-state index in [-0.39, 0.29) is 17.3 Å². The Hall–Kier alpha value is -3.32. The van der Waals surface area contributed by atoms with Gasteiger partial charge in [0.05, 0.1) is 6.33 Å². The average molecular weight is 280 g/mol. The van der Waals surface area contributed by atoms with Crippen LogP contribution in [0, 0.1) is 22.7 Å². The first-order chi connectivity index (χ1) is 10.1. The highest BCUT2D eigenvalue weighted by molar-refractivity contribution is 5.94. The molecule has 1 atom stereocenters. The Labute approximate surface area is 121 Å². The average Bonchev–Trinajstić information content (AvgIpc) is 2.89. The van der Waals surface area contributed by atoms with Crippen LogP contribution in [-0.2, 0) is 4.79 Å². The molecule has 1 unspecified atom stereocenters. The molecule has 0 aliphatic carbocycles. The third-order valence-corrected chi connectivity index (χ3v) is 2.96. The number of aromatic nitrogens is 2. The van der Waals surface area contributed by atoms with Crippen molar-refractivity contribution in [3.05, 3.63) is 42.0 Å². The number of hydrogen-bond donors (Lipinski definition) is 2. The van der Waals surface area contributed by atoms with Crippen LogP contribution in [0.3, 0.4) is 0 Å². The van der Waals surface area contributed by atoms with Gasteiger partial charge in [-0.2, -0.15) is 10.5 Å². The van der Waals surface area contributed by atoms with Gasteiger partial charge < -0.3 is 15.6 Å². The van der Waals surface area contributed by atoms with Crippen molar-refractivity contribution >= 4 is 17.3 Å². The van der Waals surface area contributed by atoms with E-state index < -0.39 is 6.04 Å². The second kappa shape index (κ2) is 5.76. The van der Waals surface area contributed by atoms with Crippen molar-refractivity contribution in [2.75, 3.05) is 11.1 Å². The van der Waals surface area contributed by atoms with Gasteiger partial charge in [-0.1, -0.05) is 6.07 Å². The van der Waals surface area contributed by atoms with Gasteiger partial charge in [0.2, 0.25) is 5.91 Å². The molecule has 1 heterocycles. The minimum atomic E-state index is -0.685. The summed E-state index contributed by atoms with van der Waals surface area (Å²) < 4.78 is 1.36. The van der Waals surface area contributed by atoms with Gasteiger partial charge >= 0.3 is 0 Å². The molecular formula is C14H12N6O. The van der Waals surface area contributed by atoms with E-state index in [2.05, 4.69) is 10.3 Å². The van der Waals surface area contributed by atoms with Gasteiger partial charge in [0.15, 0.2) is 11.4 Å². The highest BCUT2D eigenvalue weighted by Crippen LogP contribution is 2.17. The summed E-state index contributed by atoms with van der Waals surface area (Å²) in [6, 6.07) is 9.78. The SMILES string of the molecule is CC(C(=O)Nc1cccc(N)c1)n1cnc(C#N)c1C#N. The minimum Gasteiger partial charge on any atom is -0.399 e. The number of anilines is 2. The highest BCUT2D eigenvalue weighted by atomic mass is 16.2. The number of nitrogen functional groups attached to an aromatic ring is 1. The second-order valence-electron chi connectivity index (χ2n) is 4.36. The largest absolute Gasteiger partial charge is 0.399 e. The smallest absolute Gasteiger partial charge is 0.247 e. The first kappa shape index (κ1) is 14.1. The summed E-state index contributed by atoms with van der Waals surface area (Å²) in [7, 11) is 0. The monoisotopic (exact) mass is 280 g/mol. The molecule has 1 amide bonds. The zero-order valence-electron chi connectivity index (χ0n) is 11.2. The number of nitrogens with two attached hydrogens (primary N) is 1. The van der Waals surface area contributed by atoms with Crippen LogP contribution in [0.15, 0.2) is 30.6 Å². The molecule has 0 spiro atoms. The fourth-order valence-corrected chi connectivity index (χ4v) is 1.84. The number of carbonyl (C=O) groups excluding carboxylic acids is 1. The van der Waals surface area contributed by atoms with Crippen molar-refractivity contribution in [3.63, 3.8) is 0 Å². The molecule has 0 saturated carbocycles. The Morgan fingerprint density at radius 1 is 1.43 bits per heavy atom. The maximum atomic E-state index is 12.2. The molecule has 0 bridgehead atoms. The van der Waals surface area contributed by atoms with Gasteiger partial charge in [0.25, 0.3) is 0 Å². The van der Waals surface area contributed by atoms with Crippen molar-refractivity contribution in [3.8, 4) is 12.1 Å². The molecule has 7 nitrogen and oxygen atoms in total. The van der Waals surface area contributed by atoms with Crippen molar-refractivity contribution in [2.45, 2.75) is 13.0 Å². The lowest BCUT2D eigenvalue weighted by Gasteiger charge is -2.14. The molecule has 1 aromatic carbocycles. The van der Waals surface area contributed by atoms with E-state index in [9.17, 15) is 4.79 Å². The summed E-state index contributed by atoms with van der Waals surface area (Å²) in [5, 5.41) is 20.6. The van der Waals surface area contributed by atoms with Crippen molar-refractivity contribution in [1.82, 2.24) is 9.55 Å². The number of imidazole rings is 1. The number of benzene rings is 1. The standard InChI is InChI=1S/C14H12N6O/c1-9(20-8-18-12(6-15)13(20)7-16)14(21)19-11-4-2-3-10(17)5-11/h2-5,8-9H,17H2,1H3,(H,19,21). The van der Waals surface area contributed by atoms with Crippen LogP contribution in [0.5, 0.6) is 0 Å². The highest BCUT2D eigenvalue weighted by Gasteiger charge is 2.20. The lowest BCUT2D eigenvalue weighted by Crippen LogP contribution is -2.24. The molecule has 0 aliphatic rings. The summed E-state index contributed by atoms with van der Waals surface area (Å²) in [5.41, 5.74) is 6.80. The molecule has 7 heteroatoms. The van der Waals surface area contributed by atoms with Crippen molar-refractivity contribution in [2.24, 2.45) is 0 Å². The Kier molecular flexibility index (Phi) is 3.87. The molecular weight excluding hydrogens is 268 g/mol. The maximum absolute atomic E-state index is 12.2. The molecule has 3 N–H and O–H groups in total. The predicted octanol–water partition coefficient (Wildman–Crippen LogP) is 1.41. The van der Waals surface area contributed by atoms with E-state index >= 15 is 0 Å². The van der Waals surface area contributed by atoms with Gasteiger partial charge in [0.1, 0.15) is 18.2 Å². The van der Waals surface area contributed by atoms with Crippen molar-refractivity contribution in [1.29, 1.82) is 10.5 Å². The summed E-state index contributed by atoms with van der Waals surface area (Å²) >= 11 is 0. The van der Waals surface area contributed by atoms with Crippen LogP contribution in [0.1, 0.15) is 24.4 Å². The van der Waals surface area contributed by atoms with Crippen LogP contribution in [0.4, 0.5) is 11.4 Å². The van der Waals surface area contributed by atoms with Crippen LogP contribution < -0.4 is 11.1 Å². The van der Waals surface area contributed by atoms with E-state index in [1.807, 2.05) is 12.1 Å². The lowest BCUT2D eigenvalue weighted by molar-refractivity contribution is -0.118. The van der Waals surface area contributed by atoms with E-state index in [0.29, 0.717) is 11.4 Å². The fraction of sp³-hybridized carbons (Fsp3) is 0.143. The molecule has 1 aromatic heterocycles. The Morgan fingerprint density at radius 2 is 2.19 bits per heavy atom.